The Morgan fingerprint density at radius 1 is 1.67 bits per heavy atom. The van der Waals surface area contributed by atoms with Gasteiger partial charge >= 0.3 is 0 Å². The lowest BCUT2D eigenvalue weighted by molar-refractivity contribution is -0.127. The normalized spacial score (nSPS) is 20.6. The second-order valence-corrected chi connectivity index (χ2v) is 5.72. The number of thiophene rings is 1. The van der Waals surface area contributed by atoms with Crippen molar-refractivity contribution in [3.63, 3.8) is 0 Å². The molecule has 1 atom stereocenters. The van der Waals surface area contributed by atoms with Crippen LogP contribution in [0.1, 0.15) is 23.3 Å². The molecule has 3 nitrogen and oxygen atoms in total. The third kappa shape index (κ3) is 3.21. The van der Waals surface area contributed by atoms with Gasteiger partial charge in [-0.15, -0.1) is 11.3 Å². The summed E-state index contributed by atoms with van der Waals surface area (Å²) in [5.74, 6) is 0.306. The minimum absolute atomic E-state index is 0.0564. The first kappa shape index (κ1) is 13.3. The Bertz CT molecular complexity index is 439. The Morgan fingerprint density at radius 3 is 3.17 bits per heavy atom. The van der Waals surface area contributed by atoms with Crippen LogP contribution in [0.5, 0.6) is 0 Å². The summed E-state index contributed by atoms with van der Waals surface area (Å²) in [7, 11) is 0. The number of carbonyl (C=O) groups excluding carboxylic acids is 1. The van der Waals surface area contributed by atoms with E-state index >= 15 is 0 Å². The number of aliphatic hydroxyl groups excluding tert-OH is 1. The smallest absolute Gasteiger partial charge is 0.246 e. The SMILES string of the molecule is Cc1ccsc1/C=C/C(=O)N1CCCC(CO)C1. The second-order valence-electron chi connectivity index (χ2n) is 4.78. The number of amides is 1. The number of aliphatic hydroxyl groups is 1. The van der Waals surface area contributed by atoms with Crippen molar-refractivity contribution in [3.05, 3.63) is 28.0 Å². The molecule has 1 aromatic rings. The zero-order valence-corrected chi connectivity index (χ0v) is 11.4. The molecule has 0 aromatic carbocycles. The van der Waals surface area contributed by atoms with Gasteiger partial charge in [0.1, 0.15) is 0 Å². The Balaban J connectivity index is 1.95. The molecule has 0 radical (unpaired) electrons. The minimum atomic E-state index is 0.0564. The molecule has 0 spiro atoms. The molecule has 0 aliphatic carbocycles. The number of carbonyl (C=O) groups is 1. The Kier molecular flexibility index (Phi) is 4.55. The van der Waals surface area contributed by atoms with Crippen LogP contribution in [0.15, 0.2) is 17.5 Å². The molecule has 98 valence electrons. The molecule has 1 saturated heterocycles. The van der Waals surface area contributed by atoms with Gasteiger partial charge in [-0.25, -0.2) is 0 Å². The second kappa shape index (κ2) is 6.16. The molecule has 2 rings (SSSR count). The first-order valence-corrected chi connectivity index (χ1v) is 7.20. The Labute approximate surface area is 112 Å². The van der Waals surface area contributed by atoms with E-state index < -0.39 is 0 Å². The van der Waals surface area contributed by atoms with Crippen molar-refractivity contribution >= 4 is 23.3 Å². The van der Waals surface area contributed by atoms with E-state index in [0.29, 0.717) is 6.54 Å². The van der Waals surface area contributed by atoms with E-state index in [2.05, 4.69) is 6.07 Å². The fourth-order valence-electron chi connectivity index (χ4n) is 2.22. The molecular weight excluding hydrogens is 246 g/mol. The lowest BCUT2D eigenvalue weighted by atomic mass is 9.99. The summed E-state index contributed by atoms with van der Waals surface area (Å²) in [6.07, 6.45) is 5.56. The zero-order valence-electron chi connectivity index (χ0n) is 10.6. The average Bonchev–Trinajstić information content (AvgIpc) is 2.81. The van der Waals surface area contributed by atoms with Crippen LogP contribution < -0.4 is 0 Å². The molecule has 0 saturated carbocycles. The molecule has 2 heterocycles. The lowest BCUT2D eigenvalue weighted by Crippen LogP contribution is -2.40. The number of hydrogen-bond acceptors (Lipinski definition) is 3. The van der Waals surface area contributed by atoms with Gasteiger partial charge in [0, 0.05) is 30.6 Å². The molecule has 1 fully saturated rings. The van der Waals surface area contributed by atoms with E-state index in [1.807, 2.05) is 23.3 Å². The predicted molar refractivity (Wildman–Crippen MR) is 74.5 cm³/mol. The first-order valence-electron chi connectivity index (χ1n) is 6.32. The number of hydrogen-bond donors (Lipinski definition) is 1. The number of likely N-dealkylation sites (tertiary alicyclic amines) is 1. The standard InChI is InChI=1S/C14H19NO2S/c1-11-6-8-18-13(11)4-5-14(17)15-7-2-3-12(9-15)10-16/h4-6,8,12,16H,2-3,7,9-10H2,1H3/b5-4+. The molecular formula is C14H19NO2S. The molecule has 1 aliphatic rings. The molecule has 1 aliphatic heterocycles. The highest BCUT2D eigenvalue weighted by molar-refractivity contribution is 7.11. The summed E-state index contributed by atoms with van der Waals surface area (Å²) >= 11 is 1.65. The maximum atomic E-state index is 12.0. The zero-order chi connectivity index (χ0) is 13.0. The highest BCUT2D eigenvalue weighted by Crippen LogP contribution is 2.19. The van der Waals surface area contributed by atoms with Gasteiger partial charge in [-0.05, 0) is 48.8 Å². The van der Waals surface area contributed by atoms with Crippen LogP contribution in [0, 0.1) is 12.8 Å². The van der Waals surface area contributed by atoms with Crippen LogP contribution in [0.2, 0.25) is 0 Å². The van der Waals surface area contributed by atoms with Crippen molar-refractivity contribution in [1.82, 2.24) is 4.90 Å². The van der Waals surface area contributed by atoms with Crippen molar-refractivity contribution in [2.24, 2.45) is 5.92 Å². The fraction of sp³-hybridized carbons (Fsp3) is 0.500. The maximum Gasteiger partial charge on any atom is 0.246 e. The van der Waals surface area contributed by atoms with Crippen molar-refractivity contribution < 1.29 is 9.90 Å². The summed E-state index contributed by atoms with van der Waals surface area (Å²) < 4.78 is 0. The fourth-order valence-corrected chi connectivity index (χ4v) is 3.04. The van der Waals surface area contributed by atoms with Gasteiger partial charge in [0.25, 0.3) is 0 Å². The number of piperidine rings is 1. The van der Waals surface area contributed by atoms with Crippen LogP contribution in [0.3, 0.4) is 0 Å². The van der Waals surface area contributed by atoms with Crippen LogP contribution in [-0.2, 0) is 4.79 Å². The van der Waals surface area contributed by atoms with Gasteiger partial charge in [-0.3, -0.25) is 4.79 Å². The predicted octanol–water partition coefficient (Wildman–Crippen LogP) is 2.30. The number of aryl methyl sites for hydroxylation is 1. The van der Waals surface area contributed by atoms with Crippen LogP contribution >= 0.6 is 11.3 Å². The molecule has 1 unspecified atom stereocenters. The van der Waals surface area contributed by atoms with Crippen molar-refractivity contribution in [2.45, 2.75) is 19.8 Å². The van der Waals surface area contributed by atoms with Crippen LogP contribution in [-0.4, -0.2) is 35.6 Å². The summed E-state index contributed by atoms with van der Waals surface area (Å²) in [5.41, 5.74) is 1.20. The van der Waals surface area contributed by atoms with Crippen LogP contribution in [0.25, 0.3) is 6.08 Å². The third-order valence-corrected chi connectivity index (χ3v) is 4.35. The quantitative estimate of drug-likeness (QED) is 0.852. The monoisotopic (exact) mass is 265 g/mol. The summed E-state index contributed by atoms with van der Waals surface area (Å²) in [4.78, 5) is 15.0. The van der Waals surface area contributed by atoms with Gasteiger partial charge in [-0.1, -0.05) is 0 Å². The topological polar surface area (TPSA) is 40.5 Å². The minimum Gasteiger partial charge on any atom is -0.396 e. The number of rotatable bonds is 3. The first-order chi connectivity index (χ1) is 8.70. The summed E-state index contributed by atoms with van der Waals surface area (Å²) in [6.45, 7) is 3.72. The molecule has 1 amide bonds. The highest BCUT2D eigenvalue weighted by Gasteiger charge is 2.21. The molecule has 1 aromatic heterocycles. The summed E-state index contributed by atoms with van der Waals surface area (Å²) in [5, 5.41) is 11.2. The Morgan fingerprint density at radius 2 is 2.50 bits per heavy atom. The Hall–Kier alpha value is -1.13. The summed E-state index contributed by atoms with van der Waals surface area (Å²) in [6, 6.07) is 2.05. The van der Waals surface area contributed by atoms with Crippen molar-refractivity contribution in [2.75, 3.05) is 19.7 Å². The largest absolute Gasteiger partial charge is 0.396 e. The van der Waals surface area contributed by atoms with Gasteiger partial charge < -0.3 is 10.0 Å². The lowest BCUT2D eigenvalue weighted by Gasteiger charge is -2.31. The third-order valence-electron chi connectivity index (χ3n) is 3.37. The average molecular weight is 265 g/mol. The van der Waals surface area contributed by atoms with E-state index in [4.69, 9.17) is 5.11 Å². The highest BCUT2D eigenvalue weighted by atomic mass is 32.1. The van der Waals surface area contributed by atoms with Gasteiger partial charge in [0.2, 0.25) is 5.91 Å². The van der Waals surface area contributed by atoms with Crippen molar-refractivity contribution in [3.8, 4) is 0 Å². The van der Waals surface area contributed by atoms with E-state index in [-0.39, 0.29) is 18.4 Å². The molecule has 0 bridgehead atoms. The van der Waals surface area contributed by atoms with E-state index in [9.17, 15) is 4.79 Å². The van der Waals surface area contributed by atoms with Gasteiger partial charge in [0.05, 0.1) is 0 Å². The van der Waals surface area contributed by atoms with Crippen LogP contribution in [0.4, 0.5) is 0 Å². The molecule has 4 heteroatoms. The van der Waals surface area contributed by atoms with Gasteiger partial charge in [0.15, 0.2) is 0 Å². The van der Waals surface area contributed by atoms with E-state index in [1.165, 1.54) is 5.56 Å². The molecule has 1 N–H and O–H groups in total. The van der Waals surface area contributed by atoms with Gasteiger partial charge in [-0.2, -0.15) is 0 Å². The molecule has 18 heavy (non-hydrogen) atoms. The van der Waals surface area contributed by atoms with E-state index in [1.54, 1.807) is 17.4 Å². The number of nitrogens with zero attached hydrogens (tertiary/aromatic N) is 1. The maximum absolute atomic E-state index is 12.0. The van der Waals surface area contributed by atoms with Crippen molar-refractivity contribution in [1.29, 1.82) is 0 Å². The van der Waals surface area contributed by atoms with E-state index in [0.717, 1.165) is 24.3 Å².